The van der Waals surface area contributed by atoms with Gasteiger partial charge in [0.05, 0.1) is 11.0 Å². The van der Waals surface area contributed by atoms with Gasteiger partial charge in [-0.3, -0.25) is 4.55 Å². The predicted octanol–water partition coefficient (Wildman–Crippen LogP) is 1.47. The second-order valence-electron chi connectivity index (χ2n) is 3.26. The highest BCUT2D eigenvalue weighted by Gasteiger charge is 2.20. The molecule has 0 fully saturated rings. The summed E-state index contributed by atoms with van der Waals surface area (Å²) in [6, 6.07) is 6.95. The van der Waals surface area contributed by atoms with Gasteiger partial charge in [0.25, 0.3) is 5.16 Å². The van der Waals surface area contributed by atoms with E-state index in [4.69, 9.17) is 4.55 Å². The van der Waals surface area contributed by atoms with E-state index in [9.17, 15) is 8.42 Å². The van der Waals surface area contributed by atoms with Crippen molar-refractivity contribution in [1.82, 2.24) is 9.55 Å². The molecule has 6 heteroatoms. The normalized spacial score (nSPS) is 11.8. The number of nitrogens with zero attached hydrogens (tertiary/aromatic N) is 2. The average Bonchev–Trinajstić information content (AvgIpc) is 2.58. The Bertz CT molecular complexity index is 643. The van der Waals surface area contributed by atoms with E-state index in [0.29, 0.717) is 11.0 Å². The van der Waals surface area contributed by atoms with Gasteiger partial charge in [0.1, 0.15) is 0 Å². The highest BCUT2D eigenvalue weighted by molar-refractivity contribution is 7.85. The Balaban J connectivity index is 2.83. The number of imidazole rings is 1. The molecule has 0 amide bonds. The van der Waals surface area contributed by atoms with Crippen molar-refractivity contribution >= 4 is 21.2 Å². The van der Waals surface area contributed by atoms with Gasteiger partial charge in [-0.15, -0.1) is 6.58 Å². The second-order valence-corrected chi connectivity index (χ2v) is 4.57. The topological polar surface area (TPSA) is 72.2 Å². The Morgan fingerprint density at radius 3 is 2.75 bits per heavy atom. The van der Waals surface area contributed by atoms with Gasteiger partial charge in [-0.2, -0.15) is 8.42 Å². The van der Waals surface area contributed by atoms with Crippen molar-refractivity contribution < 1.29 is 13.0 Å². The van der Waals surface area contributed by atoms with Crippen LogP contribution in [0.15, 0.2) is 42.1 Å². The lowest BCUT2D eigenvalue weighted by Gasteiger charge is -2.02. The number of para-hydroxylation sites is 2. The minimum absolute atomic E-state index is 0.273. The van der Waals surface area contributed by atoms with Gasteiger partial charge >= 0.3 is 10.1 Å². The first-order valence-corrected chi connectivity index (χ1v) is 6.01. The van der Waals surface area contributed by atoms with Gasteiger partial charge < -0.3 is 4.57 Å². The maximum absolute atomic E-state index is 11.1. The summed E-state index contributed by atoms with van der Waals surface area (Å²) >= 11 is 0. The molecule has 1 aromatic carbocycles. The van der Waals surface area contributed by atoms with Crippen LogP contribution in [0.1, 0.15) is 0 Å². The van der Waals surface area contributed by atoms with Crippen molar-refractivity contribution in [1.29, 1.82) is 0 Å². The van der Waals surface area contributed by atoms with Crippen molar-refractivity contribution in [3.8, 4) is 0 Å². The van der Waals surface area contributed by atoms with Crippen molar-refractivity contribution in [2.24, 2.45) is 0 Å². The summed E-state index contributed by atoms with van der Waals surface area (Å²) < 4.78 is 32.7. The number of benzene rings is 1. The first-order chi connectivity index (χ1) is 7.54. The van der Waals surface area contributed by atoms with Crippen LogP contribution in [0, 0.1) is 0 Å². The minimum atomic E-state index is -4.31. The Morgan fingerprint density at radius 1 is 1.44 bits per heavy atom. The Kier molecular flexibility index (Phi) is 2.53. The van der Waals surface area contributed by atoms with Crippen molar-refractivity contribution in [2.75, 3.05) is 0 Å². The Labute approximate surface area is 92.8 Å². The minimum Gasteiger partial charge on any atom is -0.309 e. The summed E-state index contributed by atoms with van der Waals surface area (Å²) in [5.74, 6) is 0. The molecule has 0 unspecified atom stereocenters. The fourth-order valence-electron chi connectivity index (χ4n) is 1.56. The van der Waals surface area contributed by atoms with Gasteiger partial charge in [0.2, 0.25) is 0 Å². The monoisotopic (exact) mass is 238 g/mol. The molecule has 0 bridgehead atoms. The lowest BCUT2D eigenvalue weighted by atomic mass is 10.3. The molecule has 16 heavy (non-hydrogen) atoms. The van der Waals surface area contributed by atoms with E-state index in [1.54, 1.807) is 30.3 Å². The van der Waals surface area contributed by atoms with Crippen molar-refractivity contribution in [3.63, 3.8) is 0 Å². The SMILES string of the molecule is C=CCn1c(S(=O)(=O)O)nc2ccccc21. The summed E-state index contributed by atoms with van der Waals surface area (Å²) in [7, 11) is -4.31. The maximum Gasteiger partial charge on any atom is 0.328 e. The van der Waals surface area contributed by atoms with E-state index in [2.05, 4.69) is 11.6 Å². The molecule has 1 aromatic heterocycles. The first kappa shape index (κ1) is 10.8. The Morgan fingerprint density at radius 2 is 2.12 bits per heavy atom. The number of rotatable bonds is 3. The van der Waals surface area contributed by atoms with Crippen LogP contribution in [0.2, 0.25) is 0 Å². The zero-order chi connectivity index (χ0) is 11.8. The van der Waals surface area contributed by atoms with E-state index in [0.717, 1.165) is 0 Å². The molecule has 2 rings (SSSR count). The quantitative estimate of drug-likeness (QED) is 0.649. The molecular weight excluding hydrogens is 228 g/mol. The van der Waals surface area contributed by atoms with Crippen LogP contribution in [0.3, 0.4) is 0 Å². The summed E-state index contributed by atoms with van der Waals surface area (Å²) in [5, 5.41) is -0.353. The number of hydrogen-bond acceptors (Lipinski definition) is 3. The molecule has 0 aliphatic carbocycles. The molecule has 5 nitrogen and oxygen atoms in total. The van der Waals surface area contributed by atoms with Gasteiger partial charge in [-0.1, -0.05) is 18.2 Å². The van der Waals surface area contributed by atoms with Crippen LogP contribution in [0.5, 0.6) is 0 Å². The molecular formula is C10H10N2O3S. The highest BCUT2D eigenvalue weighted by Crippen LogP contribution is 2.19. The average molecular weight is 238 g/mol. The Hall–Kier alpha value is -1.66. The number of fused-ring (bicyclic) bond motifs is 1. The zero-order valence-electron chi connectivity index (χ0n) is 8.37. The summed E-state index contributed by atoms with van der Waals surface area (Å²) in [5.41, 5.74) is 1.17. The molecule has 1 heterocycles. The van der Waals surface area contributed by atoms with E-state index in [1.165, 1.54) is 4.57 Å². The van der Waals surface area contributed by atoms with Crippen LogP contribution in [-0.2, 0) is 16.7 Å². The third-order valence-electron chi connectivity index (χ3n) is 2.16. The largest absolute Gasteiger partial charge is 0.328 e. The molecule has 0 spiro atoms. The molecule has 0 aliphatic heterocycles. The third kappa shape index (κ3) is 1.72. The molecule has 0 saturated carbocycles. The van der Waals surface area contributed by atoms with Gasteiger partial charge in [-0.25, -0.2) is 4.98 Å². The lowest BCUT2D eigenvalue weighted by Crippen LogP contribution is -2.08. The third-order valence-corrected chi connectivity index (χ3v) is 2.94. The van der Waals surface area contributed by atoms with Crippen LogP contribution >= 0.6 is 0 Å². The lowest BCUT2D eigenvalue weighted by molar-refractivity contribution is 0.468. The number of hydrogen-bond donors (Lipinski definition) is 1. The summed E-state index contributed by atoms with van der Waals surface area (Å²) in [4.78, 5) is 3.88. The molecule has 0 atom stereocenters. The van der Waals surface area contributed by atoms with Crippen LogP contribution < -0.4 is 0 Å². The summed E-state index contributed by atoms with van der Waals surface area (Å²) in [6.07, 6.45) is 1.54. The van der Waals surface area contributed by atoms with E-state index < -0.39 is 10.1 Å². The molecule has 0 radical (unpaired) electrons. The second kappa shape index (κ2) is 3.73. The van der Waals surface area contributed by atoms with E-state index in [1.807, 2.05) is 0 Å². The smallest absolute Gasteiger partial charge is 0.309 e. The molecule has 0 saturated heterocycles. The number of allylic oxidation sites excluding steroid dienone is 1. The predicted molar refractivity (Wildman–Crippen MR) is 59.7 cm³/mol. The molecule has 0 aliphatic rings. The van der Waals surface area contributed by atoms with E-state index in [-0.39, 0.29) is 11.7 Å². The van der Waals surface area contributed by atoms with E-state index >= 15 is 0 Å². The van der Waals surface area contributed by atoms with Crippen molar-refractivity contribution in [2.45, 2.75) is 11.7 Å². The summed E-state index contributed by atoms with van der Waals surface area (Å²) in [6.45, 7) is 3.81. The fraction of sp³-hybridized carbons (Fsp3) is 0.100. The van der Waals surface area contributed by atoms with Gasteiger partial charge in [0.15, 0.2) is 0 Å². The molecule has 1 N–H and O–H groups in total. The highest BCUT2D eigenvalue weighted by atomic mass is 32.2. The fourth-order valence-corrected chi connectivity index (χ4v) is 2.22. The zero-order valence-corrected chi connectivity index (χ0v) is 9.18. The molecule has 2 aromatic rings. The van der Waals surface area contributed by atoms with Gasteiger partial charge in [0, 0.05) is 6.54 Å². The maximum atomic E-state index is 11.1. The number of aromatic nitrogens is 2. The van der Waals surface area contributed by atoms with Gasteiger partial charge in [-0.05, 0) is 12.1 Å². The van der Waals surface area contributed by atoms with Crippen LogP contribution in [0.4, 0.5) is 0 Å². The van der Waals surface area contributed by atoms with Crippen molar-refractivity contribution in [3.05, 3.63) is 36.9 Å². The molecule has 84 valence electrons. The first-order valence-electron chi connectivity index (χ1n) is 4.57. The van der Waals surface area contributed by atoms with Crippen LogP contribution in [-0.4, -0.2) is 22.5 Å². The standard InChI is InChI=1S/C10H10N2O3S/c1-2-7-12-9-6-4-3-5-8(9)11-10(12)16(13,14)15/h2-6H,1,7H2,(H,13,14,15). The van der Waals surface area contributed by atoms with Crippen LogP contribution in [0.25, 0.3) is 11.0 Å².